The Bertz CT molecular complexity index is 4700. The minimum atomic E-state index is -0.796. The molecule has 3 amide bonds. The van der Waals surface area contributed by atoms with Gasteiger partial charge in [0.2, 0.25) is 0 Å². The molecule has 2 saturated carbocycles. The summed E-state index contributed by atoms with van der Waals surface area (Å²) in [5, 5.41) is 27.3. The van der Waals surface area contributed by atoms with Crippen LogP contribution in [0, 0.1) is 34.1 Å². The summed E-state index contributed by atoms with van der Waals surface area (Å²) in [7, 11) is 9.13. The molecule has 504 valence electrons. The number of alkyl halides is 2. The van der Waals surface area contributed by atoms with Gasteiger partial charge in [0.15, 0.2) is 22.9 Å². The van der Waals surface area contributed by atoms with Crippen LogP contribution in [-0.2, 0) is 9.47 Å². The second-order valence-corrected chi connectivity index (χ2v) is 29.4. The van der Waals surface area contributed by atoms with E-state index >= 15 is 0 Å². The van der Waals surface area contributed by atoms with E-state index < -0.39 is 21.4 Å². The minimum absolute atomic E-state index is 0.0335. The number of benzene rings is 4. The maximum Gasteiger partial charge on any atom is 0.411 e. The van der Waals surface area contributed by atoms with Crippen molar-refractivity contribution in [3.8, 4) is 11.5 Å². The number of ether oxygens (including phenoxy) is 4. The molecule has 5 N–H and O–H groups in total. The van der Waals surface area contributed by atoms with E-state index in [-0.39, 0.29) is 63.6 Å². The van der Waals surface area contributed by atoms with Crippen molar-refractivity contribution in [3.05, 3.63) is 152 Å². The predicted molar refractivity (Wildman–Crippen MR) is 376 cm³/mol. The van der Waals surface area contributed by atoms with Crippen molar-refractivity contribution >= 4 is 179 Å². The topological polar surface area (TPSA) is 345 Å². The maximum atomic E-state index is 14.0. The van der Waals surface area contributed by atoms with E-state index in [0.717, 1.165) is 82.9 Å². The number of rotatable bonds is 19. The number of nitrogens with two attached hydrogens (primary N) is 1. The first-order valence-corrected chi connectivity index (χ1v) is 35.8. The largest absolute Gasteiger partial charge is 0.497 e. The molecule has 26 nitrogen and oxygen atoms in total. The highest BCUT2D eigenvalue weighted by molar-refractivity contribution is 8.77. The number of hydrogen-bond acceptors (Lipinski definition) is 23. The average molecular weight is 1450 g/mol. The fourth-order valence-corrected chi connectivity index (χ4v) is 17.8. The number of nitrogens with zero attached hydrogens (tertiary/aromatic N) is 8. The number of nitrogens with one attached hydrogen (secondary N) is 3. The van der Waals surface area contributed by atoms with Gasteiger partial charge in [-0.2, -0.15) is 0 Å². The number of amides is 3. The zero-order valence-electron chi connectivity index (χ0n) is 52.0. The number of carbonyl (C=O) groups excluding carboxylic acids is 4. The average Bonchev–Trinajstić information content (AvgIpc) is 1.61. The van der Waals surface area contributed by atoms with Crippen molar-refractivity contribution in [2.75, 3.05) is 73.1 Å². The Morgan fingerprint density at radius 1 is 0.670 bits per heavy atom. The SMILES string of the molecule is COc1ccc2[nH]c(C(=O)N3CC(CCl)c4c3cc(N)c3oc(C)nc43)cc2c1.COc1ccc2[nH]c(C(=O)N3CC(CCl)c4c3cc(NC(=O)OCC3(SSc5ccc([N+](=O)[O-])cn5)CCC3)c3oc(C)nc43)cc2c1.O=C(Cl)OCC1(SSc2ccc([N+](=O)[O-])cn2)CCC1. The van der Waals surface area contributed by atoms with Crippen LogP contribution in [-0.4, -0.2) is 125 Å². The molecule has 0 bridgehead atoms. The minimum Gasteiger partial charge on any atom is -0.497 e. The highest BCUT2D eigenvalue weighted by Gasteiger charge is 2.43. The smallest absolute Gasteiger partial charge is 0.411 e. The number of aryl methyl sites for hydroxylation is 2. The van der Waals surface area contributed by atoms with E-state index in [1.807, 2.05) is 42.5 Å². The van der Waals surface area contributed by atoms with Crippen LogP contribution in [0.3, 0.4) is 0 Å². The van der Waals surface area contributed by atoms with E-state index in [4.69, 9.17) is 68.3 Å². The number of methoxy groups -OCH3 is 2. The first-order valence-electron chi connectivity index (χ1n) is 30.1. The predicted octanol–water partition coefficient (Wildman–Crippen LogP) is 16.0. The van der Waals surface area contributed by atoms with Crippen LogP contribution >= 0.6 is 78.0 Å². The van der Waals surface area contributed by atoms with Crippen molar-refractivity contribution in [2.45, 2.75) is 83.8 Å². The zero-order valence-corrected chi connectivity index (χ0v) is 57.5. The second kappa shape index (κ2) is 28.8. The molecule has 2 aliphatic carbocycles. The normalized spacial score (nSPS) is 16.3. The van der Waals surface area contributed by atoms with Gasteiger partial charge in [0.25, 0.3) is 23.2 Å². The Morgan fingerprint density at radius 3 is 1.56 bits per heavy atom. The van der Waals surface area contributed by atoms with Crippen LogP contribution in [0.25, 0.3) is 44.0 Å². The van der Waals surface area contributed by atoms with Crippen molar-refractivity contribution in [2.24, 2.45) is 0 Å². The van der Waals surface area contributed by atoms with Gasteiger partial charge in [-0.3, -0.25) is 35.1 Å². The van der Waals surface area contributed by atoms with E-state index in [9.17, 15) is 39.4 Å². The molecule has 0 radical (unpaired) electrons. The lowest BCUT2D eigenvalue weighted by atomic mass is 9.85. The monoisotopic (exact) mass is 1450 g/mol. The summed E-state index contributed by atoms with van der Waals surface area (Å²) in [6, 6.07) is 24.3. The molecule has 2 atom stereocenters. The van der Waals surface area contributed by atoms with Gasteiger partial charge in [0.1, 0.15) is 69.6 Å². The second-order valence-electron chi connectivity index (χ2n) is 23.2. The van der Waals surface area contributed by atoms with Gasteiger partial charge in [0.05, 0.1) is 56.3 Å². The molecule has 0 spiro atoms. The Hall–Kier alpha value is -8.65. The molecule has 33 heteroatoms. The summed E-state index contributed by atoms with van der Waals surface area (Å²) in [4.78, 5) is 98.8. The standard InChI is InChI=1S/C32H29ClN6O7S2.C21H19ClN4O3.C11H11ClN2O4S2/c1-17-35-28-27-19(13-33)15-38(30(40)24-11-18-10-21(44-2)5-6-22(18)36-24)25(27)12-23(29(28)46-17)37-31(41)45-16-32(8-3-9-32)48-47-26-7-4-20(14-34-26)39(42)43;1-10-24-19-18-12(8-22)9-26(17(18)7-14(23)20(19)29-10)21(27)16-6-11-5-13(28-2)3-4-15(11)25-16;12-10(15)18-7-11(4-1-5-11)20-19-9-3-2-8(6-13-9)14(16)17/h4-7,10-12,14,19,36H,3,8-9,13,15-16H2,1-2H3,(H,37,41);3-7,12,25H,8-9,23H2,1-2H3;2-3,6H,1,4-5,7H2. The number of H-pyrrole nitrogens is 2. The number of anilines is 4. The zero-order chi connectivity index (χ0) is 68.4. The van der Waals surface area contributed by atoms with E-state index in [1.165, 1.54) is 46.1 Å². The first kappa shape index (κ1) is 68.3. The highest BCUT2D eigenvalue weighted by Crippen LogP contribution is 2.54. The number of aromatic nitrogens is 6. The summed E-state index contributed by atoms with van der Waals surface area (Å²) in [5.74, 6) is 2.32. The molecule has 2 aliphatic heterocycles. The van der Waals surface area contributed by atoms with Crippen LogP contribution in [0.1, 0.15) is 94.2 Å². The van der Waals surface area contributed by atoms with Gasteiger partial charge in [-0.25, -0.2) is 29.5 Å². The number of carbonyl (C=O) groups is 4. The van der Waals surface area contributed by atoms with Crippen molar-refractivity contribution in [3.63, 3.8) is 0 Å². The third-order valence-electron chi connectivity index (χ3n) is 16.9. The van der Waals surface area contributed by atoms with Crippen molar-refractivity contribution < 1.29 is 56.8 Å². The lowest BCUT2D eigenvalue weighted by molar-refractivity contribution is -0.385. The quantitative estimate of drug-likeness (QED) is 0.0146. The van der Waals surface area contributed by atoms with Crippen LogP contribution in [0.2, 0.25) is 0 Å². The molecule has 0 saturated heterocycles. The fourth-order valence-electron chi connectivity index (χ4n) is 11.7. The number of fused-ring (bicyclic) bond motifs is 8. The van der Waals surface area contributed by atoms with Gasteiger partial charge in [-0.15, -0.1) is 23.2 Å². The number of halogens is 3. The summed E-state index contributed by atoms with van der Waals surface area (Å²) < 4.78 is 32.4. The number of oxazole rings is 2. The van der Waals surface area contributed by atoms with Gasteiger partial charge in [0, 0.05) is 107 Å². The van der Waals surface area contributed by atoms with E-state index in [2.05, 4.69) is 35.2 Å². The number of nitro groups is 2. The molecular formula is C64H59Cl3N12O14S4. The van der Waals surface area contributed by atoms with Crippen LogP contribution in [0.4, 0.5) is 43.7 Å². The van der Waals surface area contributed by atoms with E-state index in [1.54, 1.807) is 89.8 Å². The summed E-state index contributed by atoms with van der Waals surface area (Å²) in [6.07, 6.45) is 7.43. The Kier molecular flexibility index (Phi) is 20.3. The molecular weight excluding hydrogens is 1400 g/mol. The van der Waals surface area contributed by atoms with Crippen molar-refractivity contribution in [1.29, 1.82) is 0 Å². The lowest BCUT2D eigenvalue weighted by Gasteiger charge is -2.39. The molecule has 2 fully saturated rings. The molecule has 4 aromatic carbocycles. The number of pyridine rings is 2. The summed E-state index contributed by atoms with van der Waals surface area (Å²) in [6.45, 7) is 4.71. The number of hydrogen-bond donors (Lipinski definition) is 4. The van der Waals surface area contributed by atoms with Crippen LogP contribution in [0.5, 0.6) is 11.5 Å². The van der Waals surface area contributed by atoms with Gasteiger partial charge in [-0.1, -0.05) is 34.4 Å². The summed E-state index contributed by atoms with van der Waals surface area (Å²) >= 11 is 17.8. The van der Waals surface area contributed by atoms with E-state index in [0.29, 0.717) is 97.2 Å². The fraction of sp³-hybridized carbons (Fsp3) is 0.312. The Labute approximate surface area is 582 Å². The van der Waals surface area contributed by atoms with Crippen molar-refractivity contribution in [1.82, 2.24) is 29.9 Å². The molecule has 97 heavy (non-hydrogen) atoms. The third kappa shape index (κ3) is 14.5. The first-order chi connectivity index (χ1) is 46.7. The van der Waals surface area contributed by atoms with Crippen LogP contribution in [0.15, 0.2) is 116 Å². The van der Waals surface area contributed by atoms with Crippen LogP contribution < -0.4 is 30.3 Å². The lowest BCUT2D eigenvalue weighted by Crippen LogP contribution is -2.39. The summed E-state index contributed by atoms with van der Waals surface area (Å²) in [5.41, 5.74) is 13.7. The number of aromatic amines is 2. The van der Waals surface area contributed by atoms with Gasteiger partial charge >= 0.3 is 11.5 Å². The third-order valence-corrected chi connectivity index (χ3v) is 24.2. The molecule has 14 rings (SSSR count). The molecule has 8 heterocycles. The number of nitrogen functional groups attached to an aromatic ring is 1. The van der Waals surface area contributed by atoms with Gasteiger partial charge < -0.3 is 53.3 Å². The molecule has 6 aromatic heterocycles. The Morgan fingerprint density at radius 2 is 1.13 bits per heavy atom. The molecule has 4 aliphatic rings. The Balaban J connectivity index is 0.000000155. The maximum absolute atomic E-state index is 14.0. The molecule has 10 aromatic rings. The molecule has 2 unspecified atom stereocenters. The highest BCUT2D eigenvalue weighted by atomic mass is 35.5. The van der Waals surface area contributed by atoms with Gasteiger partial charge in [-0.05, 0) is 120 Å².